The van der Waals surface area contributed by atoms with Crippen LogP contribution in [0.25, 0.3) is 11.0 Å². The zero-order valence-corrected chi connectivity index (χ0v) is 21.7. The minimum atomic E-state index is 0.0477. The fraction of sp³-hybridized carbons (Fsp3) is 0.464. The number of rotatable bonds is 12. The number of amides is 1. The van der Waals surface area contributed by atoms with Gasteiger partial charge in [-0.2, -0.15) is 0 Å². The molecule has 0 aliphatic heterocycles. The molecule has 7 heteroatoms. The molecular weight excluding hydrogens is 438 g/mol. The first-order valence-corrected chi connectivity index (χ1v) is 12.6. The maximum Gasteiger partial charge on any atom is 0.253 e. The van der Waals surface area contributed by atoms with Crippen molar-refractivity contribution in [3.8, 4) is 0 Å². The Bertz CT molecular complexity index is 1140. The van der Waals surface area contributed by atoms with Gasteiger partial charge in [0.15, 0.2) is 5.78 Å². The molecule has 1 heterocycles. The van der Waals surface area contributed by atoms with Crippen molar-refractivity contribution in [2.75, 3.05) is 25.0 Å². The first kappa shape index (κ1) is 26.4. The van der Waals surface area contributed by atoms with E-state index in [1.807, 2.05) is 54.3 Å². The van der Waals surface area contributed by atoms with Crippen LogP contribution in [0.15, 0.2) is 42.5 Å². The molecule has 7 nitrogen and oxygen atoms in total. The number of nitrogens with one attached hydrogen (secondary N) is 1. The zero-order chi connectivity index (χ0) is 25.5. The summed E-state index contributed by atoms with van der Waals surface area (Å²) in [5.74, 6) is 1.64. The quantitative estimate of drug-likeness (QED) is 0.337. The summed E-state index contributed by atoms with van der Waals surface area (Å²) in [4.78, 5) is 32.1. The predicted molar refractivity (Wildman–Crippen MR) is 143 cm³/mol. The molecule has 0 saturated carbocycles. The van der Waals surface area contributed by atoms with Crippen molar-refractivity contribution in [3.63, 3.8) is 0 Å². The first-order valence-electron chi connectivity index (χ1n) is 12.6. The normalized spacial score (nSPS) is 11.4. The number of aryl methyl sites for hydroxylation is 1. The van der Waals surface area contributed by atoms with Crippen LogP contribution in [0.4, 0.5) is 11.6 Å². The van der Waals surface area contributed by atoms with Gasteiger partial charge in [-0.3, -0.25) is 9.59 Å². The molecule has 0 bridgehead atoms. The van der Waals surface area contributed by atoms with E-state index in [1.54, 1.807) is 0 Å². The van der Waals surface area contributed by atoms with Gasteiger partial charge in [-0.1, -0.05) is 34.6 Å². The number of benzene rings is 2. The molecule has 35 heavy (non-hydrogen) atoms. The second-order valence-corrected chi connectivity index (χ2v) is 9.91. The van der Waals surface area contributed by atoms with Gasteiger partial charge in [-0.25, -0.2) is 4.98 Å². The maximum absolute atomic E-state index is 13.4. The Balaban J connectivity index is 1.95. The van der Waals surface area contributed by atoms with E-state index in [2.05, 4.69) is 37.6 Å². The molecule has 1 amide bonds. The zero-order valence-electron chi connectivity index (χ0n) is 21.7. The highest BCUT2D eigenvalue weighted by Crippen LogP contribution is 2.25. The Morgan fingerprint density at radius 2 is 1.63 bits per heavy atom. The summed E-state index contributed by atoms with van der Waals surface area (Å²) in [7, 11) is 0. The van der Waals surface area contributed by atoms with Crippen LogP contribution in [0, 0.1) is 11.8 Å². The Kier molecular flexibility index (Phi) is 9.04. The Labute approximate surface area is 208 Å². The molecule has 3 rings (SSSR count). The van der Waals surface area contributed by atoms with E-state index >= 15 is 0 Å². The van der Waals surface area contributed by atoms with Crippen molar-refractivity contribution in [1.82, 2.24) is 14.5 Å². The molecule has 0 atom stereocenters. The molecule has 188 valence electrons. The number of fused-ring (bicyclic) bond motifs is 1. The van der Waals surface area contributed by atoms with Crippen molar-refractivity contribution < 1.29 is 9.59 Å². The highest BCUT2D eigenvalue weighted by atomic mass is 16.2. The lowest BCUT2D eigenvalue weighted by Gasteiger charge is -2.26. The number of hydrogen-bond donors (Lipinski definition) is 2. The average molecular weight is 478 g/mol. The number of imidazole rings is 1. The highest BCUT2D eigenvalue weighted by Gasteiger charge is 2.20. The second-order valence-electron chi connectivity index (χ2n) is 9.91. The van der Waals surface area contributed by atoms with Crippen LogP contribution in [0.1, 0.15) is 68.2 Å². The minimum absolute atomic E-state index is 0.0477. The highest BCUT2D eigenvalue weighted by molar-refractivity contribution is 5.98. The molecule has 3 N–H and O–H groups in total. The number of ketones is 1. The third kappa shape index (κ3) is 6.69. The molecule has 0 unspecified atom stereocenters. The van der Waals surface area contributed by atoms with E-state index in [0.717, 1.165) is 36.2 Å². The summed E-state index contributed by atoms with van der Waals surface area (Å²) in [6.45, 7) is 13.1. The van der Waals surface area contributed by atoms with Crippen LogP contribution in [-0.4, -0.2) is 45.8 Å². The summed E-state index contributed by atoms with van der Waals surface area (Å²) >= 11 is 0. The van der Waals surface area contributed by atoms with Crippen LogP contribution < -0.4 is 11.1 Å². The molecule has 0 spiro atoms. The van der Waals surface area contributed by atoms with Gasteiger partial charge >= 0.3 is 0 Å². The van der Waals surface area contributed by atoms with Gasteiger partial charge in [0.05, 0.1) is 11.0 Å². The van der Waals surface area contributed by atoms with Crippen LogP contribution in [0.5, 0.6) is 0 Å². The van der Waals surface area contributed by atoms with Crippen LogP contribution >= 0.6 is 0 Å². The van der Waals surface area contributed by atoms with Crippen molar-refractivity contribution in [2.45, 2.75) is 54.0 Å². The lowest BCUT2D eigenvalue weighted by atomic mass is 10.1. The monoisotopic (exact) mass is 477 g/mol. The second kappa shape index (κ2) is 12.0. The van der Waals surface area contributed by atoms with Crippen molar-refractivity contribution in [2.24, 2.45) is 17.6 Å². The Morgan fingerprint density at radius 1 is 1.00 bits per heavy atom. The molecule has 0 saturated heterocycles. The molecule has 0 radical (unpaired) electrons. The van der Waals surface area contributed by atoms with Gasteiger partial charge in [0.1, 0.15) is 0 Å². The molecule has 2 aromatic carbocycles. The van der Waals surface area contributed by atoms with Gasteiger partial charge in [-0.05, 0) is 67.3 Å². The van der Waals surface area contributed by atoms with E-state index < -0.39 is 0 Å². The predicted octanol–water partition coefficient (Wildman–Crippen LogP) is 5.48. The Hall–Kier alpha value is -3.19. The number of carbonyl (C=O) groups is 2. The van der Waals surface area contributed by atoms with E-state index in [-0.39, 0.29) is 11.7 Å². The summed E-state index contributed by atoms with van der Waals surface area (Å²) in [6.07, 6.45) is 1.27. The molecular formula is C28H39N5O2. The van der Waals surface area contributed by atoms with Crippen LogP contribution in [-0.2, 0) is 6.54 Å². The number of anilines is 2. The van der Waals surface area contributed by atoms with E-state index in [4.69, 9.17) is 10.7 Å². The number of Topliss-reactive ketones (excluding diaryl/α,β-unsaturated/α-hetero) is 1. The molecule has 3 aromatic rings. The lowest BCUT2D eigenvalue weighted by Crippen LogP contribution is -2.37. The third-order valence-electron chi connectivity index (χ3n) is 5.82. The lowest BCUT2D eigenvalue weighted by molar-refractivity contribution is 0.0715. The van der Waals surface area contributed by atoms with Crippen molar-refractivity contribution in [3.05, 3.63) is 53.6 Å². The van der Waals surface area contributed by atoms with Gasteiger partial charge in [0, 0.05) is 42.9 Å². The van der Waals surface area contributed by atoms with Crippen molar-refractivity contribution in [1.29, 1.82) is 0 Å². The average Bonchev–Trinajstić information content (AvgIpc) is 3.17. The number of hydrogen-bond acceptors (Lipinski definition) is 5. The summed E-state index contributed by atoms with van der Waals surface area (Å²) < 4.78 is 2.08. The van der Waals surface area contributed by atoms with Gasteiger partial charge < -0.3 is 20.5 Å². The van der Waals surface area contributed by atoms with E-state index in [0.29, 0.717) is 48.4 Å². The number of carbonyl (C=O) groups excluding carboxylic acids is 2. The number of nitrogens with zero attached hydrogens (tertiary/aromatic N) is 3. The van der Waals surface area contributed by atoms with E-state index in [1.165, 1.54) is 0 Å². The summed E-state index contributed by atoms with van der Waals surface area (Å²) in [6, 6.07) is 13.2. The van der Waals surface area contributed by atoms with Crippen LogP contribution in [0.3, 0.4) is 0 Å². The Morgan fingerprint density at radius 3 is 2.20 bits per heavy atom. The molecule has 0 fully saturated rings. The molecule has 1 aromatic heterocycles. The third-order valence-corrected chi connectivity index (χ3v) is 5.82. The number of nitrogens with two attached hydrogens (primary N) is 1. The van der Waals surface area contributed by atoms with Gasteiger partial charge in [0.2, 0.25) is 5.95 Å². The SMILES string of the molecule is CCC(=O)c1ccc(Nc2nc3ccc(C(=O)N(CC(C)C)CC(C)C)cc3n2CCCN)cc1. The minimum Gasteiger partial charge on any atom is -0.338 e. The smallest absolute Gasteiger partial charge is 0.253 e. The first-order chi connectivity index (χ1) is 16.7. The molecule has 0 aliphatic rings. The largest absolute Gasteiger partial charge is 0.338 e. The summed E-state index contributed by atoms with van der Waals surface area (Å²) in [5.41, 5.74) is 9.75. The van der Waals surface area contributed by atoms with Gasteiger partial charge in [0.25, 0.3) is 5.91 Å². The maximum atomic E-state index is 13.4. The number of aromatic nitrogens is 2. The van der Waals surface area contributed by atoms with Crippen LogP contribution in [0.2, 0.25) is 0 Å². The van der Waals surface area contributed by atoms with E-state index in [9.17, 15) is 9.59 Å². The topological polar surface area (TPSA) is 93.2 Å². The molecule has 0 aliphatic carbocycles. The summed E-state index contributed by atoms with van der Waals surface area (Å²) in [5, 5.41) is 3.38. The fourth-order valence-electron chi connectivity index (χ4n) is 4.20. The van der Waals surface area contributed by atoms with Crippen molar-refractivity contribution >= 4 is 34.4 Å². The fourth-order valence-corrected chi connectivity index (χ4v) is 4.20. The standard InChI is InChI=1S/C28H39N5O2/c1-6-26(34)21-8-11-23(12-9-21)30-28-31-24-13-10-22(16-25(24)33(28)15-7-14-29)27(35)32(17-19(2)3)18-20(4)5/h8-13,16,19-20H,6-7,14-15,17-18,29H2,1-5H3,(H,30,31). The van der Waals surface area contributed by atoms with Gasteiger partial charge in [-0.15, -0.1) is 0 Å².